The number of hydrogen-bond donors (Lipinski definition) is 0. The minimum absolute atomic E-state index is 0.340. The van der Waals surface area contributed by atoms with Crippen molar-refractivity contribution in [1.82, 2.24) is 15.1 Å². The molecule has 5 nitrogen and oxygen atoms in total. The van der Waals surface area contributed by atoms with E-state index in [0.717, 1.165) is 38.3 Å². The number of ether oxygens (including phenoxy) is 1. The van der Waals surface area contributed by atoms with Gasteiger partial charge in [0.25, 0.3) is 0 Å². The third-order valence-electron chi connectivity index (χ3n) is 4.42. The van der Waals surface area contributed by atoms with Crippen molar-refractivity contribution in [3.05, 3.63) is 30.7 Å². The number of hydrogen-bond acceptors (Lipinski definition) is 5. The second-order valence-electron chi connectivity index (χ2n) is 5.97. The predicted octanol–water partition coefficient (Wildman–Crippen LogP) is 2.07. The molecule has 0 unspecified atom stereocenters. The van der Waals surface area contributed by atoms with Crippen LogP contribution in [-0.2, 0) is 4.74 Å². The van der Waals surface area contributed by atoms with Gasteiger partial charge in [-0.3, -0.25) is 4.90 Å². The molecule has 1 fully saturated rings. The summed E-state index contributed by atoms with van der Waals surface area (Å²) in [6.07, 6.45) is 10.7. The highest BCUT2D eigenvalue weighted by Gasteiger charge is 2.26. The van der Waals surface area contributed by atoms with Crippen molar-refractivity contribution in [1.29, 1.82) is 0 Å². The van der Waals surface area contributed by atoms with Crippen molar-refractivity contribution in [2.75, 3.05) is 31.6 Å². The normalized spacial score (nSPS) is 25.9. The maximum atomic E-state index is 5.69. The van der Waals surface area contributed by atoms with Crippen LogP contribution in [-0.4, -0.2) is 53.9 Å². The molecular weight excluding hydrogens is 264 g/mol. The molecule has 0 saturated carbocycles. The van der Waals surface area contributed by atoms with Crippen molar-refractivity contribution in [3.8, 4) is 0 Å². The van der Waals surface area contributed by atoms with Gasteiger partial charge >= 0.3 is 0 Å². The van der Waals surface area contributed by atoms with E-state index in [1.54, 1.807) is 6.20 Å². The third kappa shape index (κ3) is 3.73. The molecule has 0 amide bonds. The third-order valence-corrected chi connectivity index (χ3v) is 4.42. The number of rotatable bonds is 4. The van der Waals surface area contributed by atoms with Gasteiger partial charge in [0.15, 0.2) is 5.82 Å². The van der Waals surface area contributed by atoms with Crippen LogP contribution in [0.5, 0.6) is 0 Å². The molecule has 0 spiro atoms. The van der Waals surface area contributed by atoms with Crippen molar-refractivity contribution >= 4 is 5.82 Å². The molecule has 3 heterocycles. The number of aromatic nitrogens is 2. The zero-order chi connectivity index (χ0) is 14.5. The Hall–Kier alpha value is -1.62. The lowest BCUT2D eigenvalue weighted by Gasteiger charge is -2.39. The van der Waals surface area contributed by atoms with Gasteiger partial charge in [-0.2, -0.15) is 5.10 Å². The highest BCUT2D eigenvalue weighted by Crippen LogP contribution is 2.21. The van der Waals surface area contributed by atoms with E-state index in [-0.39, 0.29) is 0 Å². The van der Waals surface area contributed by atoms with Crippen molar-refractivity contribution < 1.29 is 4.74 Å². The Morgan fingerprint density at radius 1 is 1.43 bits per heavy atom. The summed E-state index contributed by atoms with van der Waals surface area (Å²) in [6.45, 7) is 3.10. The Labute approximate surface area is 126 Å². The summed E-state index contributed by atoms with van der Waals surface area (Å²) in [4.78, 5) is 4.80. The van der Waals surface area contributed by atoms with Gasteiger partial charge in [0.1, 0.15) is 6.10 Å². The van der Waals surface area contributed by atoms with Crippen molar-refractivity contribution in [2.24, 2.45) is 0 Å². The summed E-state index contributed by atoms with van der Waals surface area (Å²) in [6, 6.07) is 4.57. The first-order valence-electron chi connectivity index (χ1n) is 7.86. The molecule has 1 aromatic rings. The van der Waals surface area contributed by atoms with Gasteiger partial charge in [0.05, 0.1) is 6.26 Å². The van der Waals surface area contributed by atoms with E-state index in [1.807, 2.05) is 18.4 Å². The number of piperidine rings is 1. The van der Waals surface area contributed by atoms with E-state index < -0.39 is 0 Å². The van der Waals surface area contributed by atoms with Gasteiger partial charge in [0.2, 0.25) is 0 Å². The first-order chi connectivity index (χ1) is 10.3. The number of nitrogens with zero attached hydrogens (tertiary/aromatic N) is 4. The fourth-order valence-corrected chi connectivity index (χ4v) is 3.17. The first kappa shape index (κ1) is 14.3. The molecule has 2 aliphatic rings. The molecule has 3 rings (SSSR count). The minimum atomic E-state index is 0.340. The molecule has 1 aromatic heterocycles. The van der Waals surface area contributed by atoms with Crippen LogP contribution in [0.15, 0.2) is 30.7 Å². The Morgan fingerprint density at radius 3 is 3.14 bits per heavy atom. The topological polar surface area (TPSA) is 41.5 Å². The molecule has 2 atom stereocenters. The van der Waals surface area contributed by atoms with E-state index in [2.05, 4.69) is 33.1 Å². The predicted molar refractivity (Wildman–Crippen MR) is 83.1 cm³/mol. The maximum absolute atomic E-state index is 5.69. The Balaban J connectivity index is 1.56. The number of likely N-dealkylation sites (N-methyl/N-ethyl adjacent to an activating group) is 1. The number of anilines is 1. The smallest absolute Gasteiger partial charge is 0.151 e. The van der Waals surface area contributed by atoms with Crippen LogP contribution < -0.4 is 4.90 Å². The fourth-order valence-electron chi connectivity index (χ4n) is 3.17. The molecule has 21 heavy (non-hydrogen) atoms. The van der Waals surface area contributed by atoms with E-state index in [0.29, 0.717) is 12.1 Å². The van der Waals surface area contributed by atoms with Crippen LogP contribution >= 0.6 is 0 Å². The van der Waals surface area contributed by atoms with Gasteiger partial charge in [-0.25, -0.2) is 0 Å². The van der Waals surface area contributed by atoms with Crippen LogP contribution in [0, 0.1) is 0 Å². The van der Waals surface area contributed by atoms with Crippen LogP contribution in [0.25, 0.3) is 0 Å². The zero-order valence-electron chi connectivity index (χ0n) is 12.7. The molecule has 0 aromatic carbocycles. The summed E-state index contributed by atoms with van der Waals surface area (Å²) < 4.78 is 5.69. The standard InChI is InChI=1S/C16H24N4O/c1-19(13-15-7-2-3-11-21-15)14-6-5-10-20(12-14)16-8-4-9-17-18-16/h3-4,8-9,11,14-15H,2,5-7,10,12-13H2,1H3/t14-,15-/m0/s1. The monoisotopic (exact) mass is 288 g/mol. The van der Waals surface area contributed by atoms with Crippen LogP contribution in [0.4, 0.5) is 5.82 Å². The summed E-state index contributed by atoms with van der Waals surface area (Å²) >= 11 is 0. The van der Waals surface area contributed by atoms with E-state index >= 15 is 0 Å². The molecule has 114 valence electrons. The SMILES string of the molecule is CN(C[C@@H]1CCC=CO1)[C@H]1CCCN(c2cccnn2)C1. The highest BCUT2D eigenvalue weighted by molar-refractivity contribution is 5.37. The van der Waals surface area contributed by atoms with Gasteiger partial charge < -0.3 is 9.64 Å². The zero-order valence-corrected chi connectivity index (χ0v) is 12.7. The molecule has 2 aliphatic heterocycles. The largest absolute Gasteiger partial charge is 0.497 e. The van der Waals surface area contributed by atoms with E-state index in [1.165, 1.54) is 12.8 Å². The minimum Gasteiger partial charge on any atom is -0.497 e. The average molecular weight is 288 g/mol. The highest BCUT2D eigenvalue weighted by atomic mass is 16.5. The Bertz CT molecular complexity index is 465. The Morgan fingerprint density at radius 2 is 2.38 bits per heavy atom. The quantitative estimate of drug-likeness (QED) is 0.848. The van der Waals surface area contributed by atoms with E-state index in [4.69, 9.17) is 4.74 Å². The molecule has 0 aliphatic carbocycles. The maximum Gasteiger partial charge on any atom is 0.151 e. The fraction of sp³-hybridized carbons (Fsp3) is 0.625. The van der Waals surface area contributed by atoms with Crippen LogP contribution in [0.3, 0.4) is 0 Å². The average Bonchev–Trinajstić information content (AvgIpc) is 2.57. The first-order valence-corrected chi connectivity index (χ1v) is 7.86. The second kappa shape index (κ2) is 6.89. The second-order valence-corrected chi connectivity index (χ2v) is 5.97. The van der Waals surface area contributed by atoms with Gasteiger partial charge in [0, 0.05) is 31.9 Å². The van der Waals surface area contributed by atoms with E-state index in [9.17, 15) is 0 Å². The summed E-state index contributed by atoms with van der Waals surface area (Å²) in [5, 5.41) is 8.23. The van der Waals surface area contributed by atoms with Gasteiger partial charge in [-0.15, -0.1) is 5.10 Å². The lowest BCUT2D eigenvalue weighted by atomic mass is 10.0. The molecule has 0 bridgehead atoms. The molecular formula is C16H24N4O. The number of allylic oxidation sites excluding steroid dienone is 1. The summed E-state index contributed by atoms with van der Waals surface area (Å²) in [5.41, 5.74) is 0. The van der Waals surface area contributed by atoms with Crippen LogP contribution in [0.1, 0.15) is 25.7 Å². The Kier molecular flexibility index (Phi) is 4.70. The van der Waals surface area contributed by atoms with Gasteiger partial charge in [-0.05, 0) is 50.9 Å². The summed E-state index contributed by atoms with van der Waals surface area (Å²) in [5.74, 6) is 0.993. The van der Waals surface area contributed by atoms with Crippen LogP contribution in [0.2, 0.25) is 0 Å². The molecule has 0 N–H and O–H groups in total. The van der Waals surface area contributed by atoms with Gasteiger partial charge in [-0.1, -0.05) is 0 Å². The van der Waals surface area contributed by atoms with Crippen molar-refractivity contribution in [2.45, 2.75) is 37.8 Å². The summed E-state index contributed by atoms with van der Waals surface area (Å²) in [7, 11) is 2.21. The molecule has 1 saturated heterocycles. The lowest BCUT2D eigenvalue weighted by molar-refractivity contribution is 0.0696. The molecule has 0 radical (unpaired) electrons. The lowest BCUT2D eigenvalue weighted by Crippen LogP contribution is -2.49. The van der Waals surface area contributed by atoms with Crippen molar-refractivity contribution in [3.63, 3.8) is 0 Å². The molecule has 5 heteroatoms.